The Morgan fingerprint density at radius 3 is 2.88 bits per heavy atom. The Labute approximate surface area is 103 Å². The second-order valence-corrected chi connectivity index (χ2v) is 5.19. The lowest BCUT2D eigenvalue weighted by atomic mass is 10.00. The first-order valence-electron chi connectivity index (χ1n) is 6.70. The number of hydrogen-bond acceptors (Lipinski definition) is 3. The van der Waals surface area contributed by atoms with Gasteiger partial charge in [-0.05, 0) is 31.4 Å². The van der Waals surface area contributed by atoms with Gasteiger partial charge in [0.15, 0.2) is 0 Å². The number of hydrogen-bond donors (Lipinski definition) is 2. The van der Waals surface area contributed by atoms with Gasteiger partial charge in [-0.25, -0.2) is 0 Å². The lowest BCUT2D eigenvalue weighted by molar-refractivity contribution is 0.136. The summed E-state index contributed by atoms with van der Waals surface area (Å²) in [4.78, 5) is 0. The zero-order valence-corrected chi connectivity index (χ0v) is 10.6. The third-order valence-corrected chi connectivity index (χ3v) is 3.71. The molecule has 0 aromatic carbocycles. The van der Waals surface area contributed by atoms with E-state index in [-0.39, 0.29) is 12.1 Å². The molecule has 96 valence electrons. The minimum absolute atomic E-state index is 0.170. The molecule has 0 radical (unpaired) electrons. The minimum Gasteiger partial charge on any atom is -0.468 e. The van der Waals surface area contributed by atoms with E-state index >= 15 is 0 Å². The van der Waals surface area contributed by atoms with Gasteiger partial charge in [0.05, 0.1) is 18.4 Å². The Kier molecular flexibility index (Phi) is 4.63. The third-order valence-electron chi connectivity index (χ3n) is 3.71. The van der Waals surface area contributed by atoms with E-state index in [1.54, 1.807) is 6.26 Å². The maximum absolute atomic E-state index is 9.96. The zero-order valence-electron chi connectivity index (χ0n) is 10.6. The molecule has 1 unspecified atom stereocenters. The normalized spacial score (nSPS) is 20.6. The minimum atomic E-state index is -0.226. The van der Waals surface area contributed by atoms with E-state index in [9.17, 15) is 5.11 Å². The lowest BCUT2D eigenvalue weighted by Crippen LogP contribution is -2.30. The number of rotatable bonds is 6. The Morgan fingerprint density at radius 1 is 1.47 bits per heavy atom. The summed E-state index contributed by atoms with van der Waals surface area (Å²) in [5.41, 5.74) is 0. The van der Waals surface area contributed by atoms with Crippen LogP contribution < -0.4 is 5.32 Å². The SMILES string of the molecule is C[C@H](NCC(O)CC1CCCC1)c1ccco1. The highest BCUT2D eigenvalue weighted by Crippen LogP contribution is 2.28. The molecule has 1 aliphatic rings. The summed E-state index contributed by atoms with van der Waals surface area (Å²) in [7, 11) is 0. The van der Waals surface area contributed by atoms with Crippen LogP contribution in [0.15, 0.2) is 22.8 Å². The summed E-state index contributed by atoms with van der Waals surface area (Å²) in [6.45, 7) is 2.71. The molecule has 1 fully saturated rings. The van der Waals surface area contributed by atoms with Gasteiger partial charge in [-0.2, -0.15) is 0 Å². The molecule has 0 amide bonds. The monoisotopic (exact) mass is 237 g/mol. The molecule has 0 bridgehead atoms. The number of aliphatic hydroxyl groups is 1. The molecule has 1 aromatic heterocycles. The fraction of sp³-hybridized carbons (Fsp3) is 0.714. The summed E-state index contributed by atoms with van der Waals surface area (Å²) in [5.74, 6) is 1.67. The molecule has 17 heavy (non-hydrogen) atoms. The molecule has 1 aliphatic carbocycles. The second kappa shape index (κ2) is 6.22. The van der Waals surface area contributed by atoms with E-state index in [1.807, 2.05) is 12.1 Å². The van der Waals surface area contributed by atoms with Gasteiger partial charge >= 0.3 is 0 Å². The van der Waals surface area contributed by atoms with Crippen molar-refractivity contribution in [3.63, 3.8) is 0 Å². The number of aliphatic hydroxyl groups excluding tert-OH is 1. The summed E-state index contributed by atoms with van der Waals surface area (Å²) in [6, 6.07) is 4.02. The average molecular weight is 237 g/mol. The summed E-state index contributed by atoms with van der Waals surface area (Å²) < 4.78 is 5.32. The maximum Gasteiger partial charge on any atom is 0.120 e. The fourth-order valence-electron chi connectivity index (χ4n) is 2.67. The van der Waals surface area contributed by atoms with Crippen LogP contribution in [0.2, 0.25) is 0 Å². The second-order valence-electron chi connectivity index (χ2n) is 5.19. The lowest BCUT2D eigenvalue weighted by Gasteiger charge is -2.18. The van der Waals surface area contributed by atoms with Crippen LogP contribution >= 0.6 is 0 Å². The van der Waals surface area contributed by atoms with Crippen molar-refractivity contribution in [2.45, 2.75) is 51.2 Å². The Morgan fingerprint density at radius 2 is 2.24 bits per heavy atom. The van der Waals surface area contributed by atoms with Gasteiger partial charge in [-0.3, -0.25) is 0 Å². The maximum atomic E-state index is 9.96. The van der Waals surface area contributed by atoms with Gasteiger partial charge in [0.2, 0.25) is 0 Å². The summed E-state index contributed by atoms with van der Waals surface area (Å²) >= 11 is 0. The standard InChI is InChI=1S/C14H23NO2/c1-11(14-7-4-8-17-14)15-10-13(16)9-12-5-2-3-6-12/h4,7-8,11-13,15-16H,2-3,5-6,9-10H2,1H3/t11-,13?/m0/s1. The van der Waals surface area contributed by atoms with E-state index in [0.29, 0.717) is 6.54 Å². The number of furan rings is 1. The van der Waals surface area contributed by atoms with E-state index < -0.39 is 0 Å². The van der Waals surface area contributed by atoms with Crippen LogP contribution in [0.1, 0.15) is 50.8 Å². The van der Waals surface area contributed by atoms with Crippen molar-refractivity contribution < 1.29 is 9.52 Å². The highest BCUT2D eigenvalue weighted by molar-refractivity contribution is 5.02. The van der Waals surface area contributed by atoms with Crippen LogP contribution in [-0.2, 0) is 0 Å². The van der Waals surface area contributed by atoms with Crippen molar-refractivity contribution in [3.05, 3.63) is 24.2 Å². The smallest absolute Gasteiger partial charge is 0.120 e. The van der Waals surface area contributed by atoms with Crippen molar-refractivity contribution in [2.75, 3.05) is 6.54 Å². The zero-order chi connectivity index (χ0) is 12.1. The van der Waals surface area contributed by atoms with Crippen molar-refractivity contribution in [2.24, 2.45) is 5.92 Å². The topological polar surface area (TPSA) is 45.4 Å². The van der Waals surface area contributed by atoms with Gasteiger partial charge in [0.1, 0.15) is 5.76 Å². The van der Waals surface area contributed by atoms with Gasteiger partial charge in [-0.1, -0.05) is 25.7 Å². The first kappa shape index (κ1) is 12.7. The molecular formula is C14H23NO2. The van der Waals surface area contributed by atoms with Crippen molar-refractivity contribution in [1.82, 2.24) is 5.32 Å². The van der Waals surface area contributed by atoms with E-state index in [0.717, 1.165) is 18.1 Å². The highest BCUT2D eigenvalue weighted by Gasteiger charge is 2.19. The molecule has 0 spiro atoms. The molecule has 2 rings (SSSR count). The van der Waals surface area contributed by atoms with Crippen LogP contribution in [0, 0.1) is 5.92 Å². The Hall–Kier alpha value is -0.800. The Bertz CT molecular complexity index is 304. The van der Waals surface area contributed by atoms with Gasteiger partial charge < -0.3 is 14.8 Å². The first-order valence-corrected chi connectivity index (χ1v) is 6.70. The molecule has 3 heteroatoms. The molecule has 3 nitrogen and oxygen atoms in total. The molecule has 0 saturated heterocycles. The van der Waals surface area contributed by atoms with Crippen LogP contribution in [0.4, 0.5) is 0 Å². The predicted octanol–water partition coefficient (Wildman–Crippen LogP) is 2.87. The molecule has 2 N–H and O–H groups in total. The van der Waals surface area contributed by atoms with Gasteiger partial charge in [-0.15, -0.1) is 0 Å². The van der Waals surface area contributed by atoms with Crippen LogP contribution in [0.25, 0.3) is 0 Å². The molecular weight excluding hydrogens is 214 g/mol. The average Bonchev–Trinajstić information content (AvgIpc) is 2.97. The molecule has 1 saturated carbocycles. The van der Waals surface area contributed by atoms with Crippen LogP contribution in [0.3, 0.4) is 0 Å². The fourth-order valence-corrected chi connectivity index (χ4v) is 2.67. The first-order chi connectivity index (χ1) is 8.25. The third kappa shape index (κ3) is 3.86. The predicted molar refractivity (Wildman–Crippen MR) is 67.7 cm³/mol. The summed E-state index contributed by atoms with van der Waals surface area (Å²) in [5, 5.41) is 13.3. The van der Waals surface area contributed by atoms with E-state index in [1.165, 1.54) is 25.7 Å². The largest absolute Gasteiger partial charge is 0.468 e. The summed E-state index contributed by atoms with van der Waals surface area (Å²) in [6.07, 6.45) is 7.67. The van der Waals surface area contributed by atoms with E-state index in [2.05, 4.69) is 12.2 Å². The Balaban J connectivity index is 1.66. The number of nitrogens with one attached hydrogen (secondary N) is 1. The molecule has 1 aromatic rings. The van der Waals surface area contributed by atoms with Crippen molar-refractivity contribution in [3.8, 4) is 0 Å². The van der Waals surface area contributed by atoms with Crippen LogP contribution in [0.5, 0.6) is 0 Å². The van der Waals surface area contributed by atoms with Crippen molar-refractivity contribution >= 4 is 0 Å². The highest BCUT2D eigenvalue weighted by atomic mass is 16.3. The molecule has 2 atom stereocenters. The molecule has 0 aliphatic heterocycles. The van der Waals surface area contributed by atoms with Crippen LogP contribution in [-0.4, -0.2) is 17.8 Å². The molecule has 1 heterocycles. The van der Waals surface area contributed by atoms with Crippen molar-refractivity contribution in [1.29, 1.82) is 0 Å². The van der Waals surface area contributed by atoms with E-state index in [4.69, 9.17) is 4.42 Å². The quantitative estimate of drug-likeness (QED) is 0.799. The van der Waals surface area contributed by atoms with Gasteiger partial charge in [0.25, 0.3) is 0 Å². The van der Waals surface area contributed by atoms with Gasteiger partial charge in [0, 0.05) is 6.54 Å².